The number of ether oxygens (including phenoxy) is 2. The number of nitrogens with one attached hydrogen (secondary N) is 3. The third kappa shape index (κ3) is 7.00. The van der Waals surface area contributed by atoms with Crippen molar-refractivity contribution < 1.29 is 19.1 Å². The van der Waals surface area contributed by atoms with Crippen LogP contribution in [-0.4, -0.2) is 48.3 Å². The molecule has 0 saturated carbocycles. The van der Waals surface area contributed by atoms with E-state index < -0.39 is 5.56 Å². The highest BCUT2D eigenvalue weighted by atomic mass is 32.2. The average Bonchev–Trinajstić information content (AvgIpc) is 2.70. The number of thioether (sulfide) groups is 1. The standard InChI is InChI=1S/C19H22N4O5S/c1-4-7-20-16(24)9-13-10-17(25)23-19(22-13)29-11-18(26)21-12-5-6-14(27-2)15(8-12)28-3/h4-6,8,10H,1,7,9,11H2,2-3H3,(H,20,24)(H,21,26)(H,22,23,25). The Labute approximate surface area is 171 Å². The van der Waals surface area contributed by atoms with E-state index in [-0.39, 0.29) is 29.1 Å². The van der Waals surface area contributed by atoms with Crippen molar-refractivity contribution in [3.05, 3.63) is 53.0 Å². The van der Waals surface area contributed by atoms with Crippen molar-refractivity contribution in [2.75, 3.05) is 31.8 Å². The number of aromatic amines is 1. The molecule has 3 N–H and O–H groups in total. The van der Waals surface area contributed by atoms with Crippen LogP contribution in [0.2, 0.25) is 0 Å². The van der Waals surface area contributed by atoms with E-state index in [0.29, 0.717) is 29.4 Å². The largest absolute Gasteiger partial charge is 0.493 e. The molecule has 0 aliphatic rings. The number of hydrogen-bond acceptors (Lipinski definition) is 7. The van der Waals surface area contributed by atoms with Crippen molar-refractivity contribution in [2.45, 2.75) is 11.6 Å². The van der Waals surface area contributed by atoms with E-state index in [1.807, 2.05) is 0 Å². The van der Waals surface area contributed by atoms with Crippen molar-refractivity contribution in [1.82, 2.24) is 15.3 Å². The Kier molecular flexibility index (Phi) is 8.28. The van der Waals surface area contributed by atoms with E-state index in [4.69, 9.17) is 9.47 Å². The molecule has 0 bridgehead atoms. The van der Waals surface area contributed by atoms with Crippen LogP contribution in [0.5, 0.6) is 11.5 Å². The fourth-order valence-corrected chi connectivity index (χ4v) is 2.99. The molecule has 1 heterocycles. The lowest BCUT2D eigenvalue weighted by Gasteiger charge is -2.10. The van der Waals surface area contributed by atoms with Crippen LogP contribution in [0.25, 0.3) is 0 Å². The smallest absolute Gasteiger partial charge is 0.251 e. The molecule has 0 saturated heterocycles. The van der Waals surface area contributed by atoms with E-state index in [9.17, 15) is 14.4 Å². The lowest BCUT2D eigenvalue weighted by atomic mass is 10.2. The summed E-state index contributed by atoms with van der Waals surface area (Å²) >= 11 is 1.06. The van der Waals surface area contributed by atoms with Gasteiger partial charge in [-0.3, -0.25) is 14.4 Å². The summed E-state index contributed by atoms with van der Waals surface area (Å²) in [7, 11) is 3.03. The maximum absolute atomic E-state index is 12.2. The summed E-state index contributed by atoms with van der Waals surface area (Å²) < 4.78 is 10.4. The normalized spacial score (nSPS) is 10.1. The van der Waals surface area contributed by atoms with Crippen LogP contribution in [0.15, 0.2) is 46.9 Å². The molecule has 0 spiro atoms. The second kappa shape index (κ2) is 10.9. The number of rotatable bonds is 10. The highest BCUT2D eigenvalue weighted by Gasteiger charge is 2.11. The van der Waals surface area contributed by atoms with Gasteiger partial charge >= 0.3 is 0 Å². The molecule has 1 aromatic heterocycles. The molecule has 1 aromatic carbocycles. The zero-order valence-corrected chi connectivity index (χ0v) is 16.9. The van der Waals surface area contributed by atoms with Gasteiger partial charge in [0.1, 0.15) is 0 Å². The Bertz CT molecular complexity index is 944. The van der Waals surface area contributed by atoms with Crippen LogP contribution in [-0.2, 0) is 16.0 Å². The zero-order chi connectivity index (χ0) is 21.2. The van der Waals surface area contributed by atoms with E-state index in [2.05, 4.69) is 27.2 Å². The van der Waals surface area contributed by atoms with E-state index in [1.54, 1.807) is 24.3 Å². The molecule has 0 atom stereocenters. The number of benzene rings is 1. The van der Waals surface area contributed by atoms with Gasteiger partial charge in [-0.15, -0.1) is 6.58 Å². The molecule has 0 unspecified atom stereocenters. The topological polar surface area (TPSA) is 122 Å². The predicted octanol–water partition coefficient (Wildman–Crippen LogP) is 1.36. The third-order valence-electron chi connectivity index (χ3n) is 3.57. The van der Waals surface area contributed by atoms with Gasteiger partial charge in [0.25, 0.3) is 5.56 Å². The first-order chi connectivity index (χ1) is 13.9. The number of carbonyl (C=O) groups excluding carboxylic acids is 2. The molecule has 29 heavy (non-hydrogen) atoms. The molecule has 154 valence electrons. The lowest BCUT2D eigenvalue weighted by Crippen LogP contribution is -2.26. The molecule has 0 aliphatic heterocycles. The second-order valence-electron chi connectivity index (χ2n) is 5.72. The molecule has 10 heteroatoms. The van der Waals surface area contributed by atoms with Crippen molar-refractivity contribution in [3.63, 3.8) is 0 Å². The maximum atomic E-state index is 12.2. The fourth-order valence-electron chi connectivity index (χ4n) is 2.30. The Morgan fingerprint density at radius 3 is 2.66 bits per heavy atom. The van der Waals surface area contributed by atoms with Crippen LogP contribution >= 0.6 is 11.8 Å². The highest BCUT2D eigenvalue weighted by Crippen LogP contribution is 2.29. The number of amides is 2. The number of carbonyl (C=O) groups is 2. The van der Waals surface area contributed by atoms with Crippen molar-refractivity contribution in [1.29, 1.82) is 0 Å². The van der Waals surface area contributed by atoms with Crippen LogP contribution in [0.4, 0.5) is 5.69 Å². The van der Waals surface area contributed by atoms with Gasteiger partial charge in [-0.2, -0.15) is 0 Å². The number of H-pyrrole nitrogens is 1. The fraction of sp³-hybridized carbons (Fsp3) is 0.263. The summed E-state index contributed by atoms with van der Waals surface area (Å²) in [4.78, 5) is 42.5. The number of aromatic nitrogens is 2. The van der Waals surface area contributed by atoms with Gasteiger partial charge in [-0.1, -0.05) is 17.8 Å². The highest BCUT2D eigenvalue weighted by molar-refractivity contribution is 7.99. The van der Waals surface area contributed by atoms with E-state index in [1.165, 1.54) is 20.3 Å². The van der Waals surface area contributed by atoms with Crippen molar-refractivity contribution in [3.8, 4) is 11.5 Å². The first-order valence-corrected chi connectivity index (χ1v) is 9.56. The van der Waals surface area contributed by atoms with Gasteiger partial charge in [0.2, 0.25) is 11.8 Å². The molecule has 2 aromatic rings. The lowest BCUT2D eigenvalue weighted by molar-refractivity contribution is -0.120. The number of hydrogen-bond donors (Lipinski definition) is 3. The predicted molar refractivity (Wildman–Crippen MR) is 111 cm³/mol. The Morgan fingerprint density at radius 2 is 1.97 bits per heavy atom. The van der Waals surface area contributed by atoms with Crippen LogP contribution in [0, 0.1) is 0 Å². The Morgan fingerprint density at radius 1 is 1.21 bits per heavy atom. The SMILES string of the molecule is C=CCNC(=O)Cc1cc(=O)[nH]c(SCC(=O)Nc2ccc(OC)c(OC)c2)n1. The van der Waals surface area contributed by atoms with Crippen molar-refractivity contribution in [2.24, 2.45) is 0 Å². The average molecular weight is 418 g/mol. The summed E-state index contributed by atoms with van der Waals surface area (Å²) in [6.07, 6.45) is 1.52. The van der Waals surface area contributed by atoms with Gasteiger partial charge in [-0.25, -0.2) is 4.98 Å². The minimum absolute atomic E-state index is 0.0173. The van der Waals surface area contributed by atoms with Crippen LogP contribution in [0.3, 0.4) is 0 Å². The van der Waals surface area contributed by atoms with Gasteiger partial charge < -0.3 is 25.1 Å². The van der Waals surface area contributed by atoms with Gasteiger partial charge in [-0.05, 0) is 12.1 Å². The van der Waals surface area contributed by atoms with Crippen LogP contribution < -0.4 is 25.7 Å². The van der Waals surface area contributed by atoms with Crippen LogP contribution in [0.1, 0.15) is 5.69 Å². The summed E-state index contributed by atoms with van der Waals surface area (Å²) in [6.45, 7) is 3.85. The molecule has 0 aliphatic carbocycles. The van der Waals surface area contributed by atoms with E-state index >= 15 is 0 Å². The van der Waals surface area contributed by atoms with Gasteiger partial charge in [0, 0.05) is 24.4 Å². The first kappa shape index (κ1) is 22.0. The molecular formula is C19H22N4O5S. The maximum Gasteiger partial charge on any atom is 0.251 e. The summed E-state index contributed by atoms with van der Waals surface area (Å²) in [5.41, 5.74) is 0.467. The third-order valence-corrected chi connectivity index (χ3v) is 4.44. The molecule has 0 radical (unpaired) electrons. The van der Waals surface area contributed by atoms with Crippen molar-refractivity contribution >= 4 is 29.3 Å². The quantitative estimate of drug-likeness (QED) is 0.302. The Hall–Kier alpha value is -3.27. The molecular weight excluding hydrogens is 396 g/mol. The van der Waals surface area contributed by atoms with E-state index in [0.717, 1.165) is 11.8 Å². The number of anilines is 1. The monoisotopic (exact) mass is 418 g/mol. The summed E-state index contributed by atoms with van der Waals surface area (Å²) in [5, 5.41) is 5.61. The Balaban J connectivity index is 1.96. The summed E-state index contributed by atoms with van der Waals surface area (Å²) in [5.74, 6) is 0.495. The molecule has 2 amide bonds. The molecule has 2 rings (SSSR count). The minimum Gasteiger partial charge on any atom is -0.493 e. The van der Waals surface area contributed by atoms with Gasteiger partial charge in [0.05, 0.1) is 32.1 Å². The van der Waals surface area contributed by atoms with Gasteiger partial charge in [0.15, 0.2) is 16.7 Å². The summed E-state index contributed by atoms with van der Waals surface area (Å²) in [6, 6.07) is 6.26. The second-order valence-corrected chi connectivity index (χ2v) is 6.68. The number of methoxy groups -OCH3 is 2. The zero-order valence-electron chi connectivity index (χ0n) is 16.1. The first-order valence-electron chi connectivity index (χ1n) is 8.57. The number of nitrogens with zero attached hydrogens (tertiary/aromatic N) is 1. The molecule has 0 fully saturated rings. The molecule has 9 nitrogen and oxygen atoms in total. The minimum atomic E-state index is -0.394.